The quantitative estimate of drug-likeness (QED) is 0.829. The van der Waals surface area contributed by atoms with E-state index in [0.717, 1.165) is 11.8 Å². The van der Waals surface area contributed by atoms with Gasteiger partial charge in [-0.25, -0.2) is 9.18 Å². The molecule has 0 fully saturated rings. The summed E-state index contributed by atoms with van der Waals surface area (Å²) in [6, 6.07) is 4.62. The van der Waals surface area contributed by atoms with Crippen LogP contribution >= 0.6 is 11.8 Å². The number of nitrogens with one attached hydrogen (secondary N) is 1. The number of urea groups is 1. The van der Waals surface area contributed by atoms with E-state index in [9.17, 15) is 14.0 Å². The molecule has 0 spiro atoms. The molecule has 0 saturated heterocycles. The minimum Gasteiger partial charge on any atom is -0.411 e. The predicted octanol–water partition coefficient (Wildman–Crippen LogP) is 1.55. The SMILES string of the molecule is CC(Sc1nnc(-c2ccc(F)cc2)o1)C(=O)NC(N)=O. The Morgan fingerprint density at radius 1 is 1.33 bits per heavy atom. The summed E-state index contributed by atoms with van der Waals surface area (Å²) < 4.78 is 18.2. The van der Waals surface area contributed by atoms with Gasteiger partial charge >= 0.3 is 6.03 Å². The van der Waals surface area contributed by atoms with E-state index in [-0.39, 0.29) is 16.9 Å². The van der Waals surface area contributed by atoms with E-state index in [0.29, 0.717) is 5.56 Å². The van der Waals surface area contributed by atoms with Gasteiger partial charge in [0.15, 0.2) is 0 Å². The lowest BCUT2D eigenvalue weighted by molar-refractivity contribution is -0.119. The zero-order valence-electron chi connectivity index (χ0n) is 10.9. The monoisotopic (exact) mass is 310 g/mol. The fourth-order valence-corrected chi connectivity index (χ4v) is 2.08. The Hall–Kier alpha value is -2.42. The van der Waals surface area contributed by atoms with Gasteiger partial charge in [-0.2, -0.15) is 0 Å². The molecular weight excluding hydrogens is 299 g/mol. The number of nitrogens with two attached hydrogens (primary N) is 1. The normalized spacial score (nSPS) is 11.9. The highest BCUT2D eigenvalue weighted by Crippen LogP contribution is 2.26. The van der Waals surface area contributed by atoms with Gasteiger partial charge in [0.25, 0.3) is 5.22 Å². The van der Waals surface area contributed by atoms with Gasteiger partial charge in [0, 0.05) is 5.56 Å². The van der Waals surface area contributed by atoms with Crippen molar-refractivity contribution in [3.05, 3.63) is 30.1 Å². The van der Waals surface area contributed by atoms with Crippen molar-refractivity contribution in [1.29, 1.82) is 0 Å². The Bertz CT molecular complexity index is 659. The number of halogens is 1. The van der Waals surface area contributed by atoms with E-state index in [1.807, 2.05) is 5.32 Å². The Kier molecular flexibility index (Phi) is 4.53. The molecule has 0 radical (unpaired) electrons. The van der Waals surface area contributed by atoms with Gasteiger partial charge in [0.2, 0.25) is 11.8 Å². The van der Waals surface area contributed by atoms with E-state index >= 15 is 0 Å². The van der Waals surface area contributed by atoms with Crippen LogP contribution in [0.2, 0.25) is 0 Å². The lowest BCUT2D eigenvalue weighted by Crippen LogP contribution is -2.39. The molecule has 3 amide bonds. The van der Waals surface area contributed by atoms with Crippen LogP contribution in [-0.4, -0.2) is 27.4 Å². The van der Waals surface area contributed by atoms with Crippen molar-refractivity contribution in [1.82, 2.24) is 15.5 Å². The number of amides is 3. The van der Waals surface area contributed by atoms with Crippen LogP contribution in [0.5, 0.6) is 0 Å². The summed E-state index contributed by atoms with van der Waals surface area (Å²) in [5.41, 5.74) is 5.41. The molecular formula is C12H11FN4O3S. The number of carbonyl (C=O) groups excluding carboxylic acids is 2. The average molecular weight is 310 g/mol. The smallest absolute Gasteiger partial charge is 0.318 e. The molecule has 2 aromatic rings. The Morgan fingerprint density at radius 2 is 2.00 bits per heavy atom. The van der Waals surface area contributed by atoms with Gasteiger partial charge in [0.1, 0.15) is 5.82 Å². The molecule has 7 nitrogen and oxygen atoms in total. The van der Waals surface area contributed by atoms with E-state index in [1.165, 1.54) is 24.3 Å². The van der Waals surface area contributed by atoms with Crippen LogP contribution in [-0.2, 0) is 4.79 Å². The highest BCUT2D eigenvalue weighted by Gasteiger charge is 2.19. The number of rotatable bonds is 4. The highest BCUT2D eigenvalue weighted by atomic mass is 32.2. The maximum atomic E-state index is 12.8. The van der Waals surface area contributed by atoms with Crippen molar-refractivity contribution in [2.45, 2.75) is 17.4 Å². The first kappa shape index (κ1) is 15.0. The largest absolute Gasteiger partial charge is 0.411 e. The summed E-state index contributed by atoms with van der Waals surface area (Å²) in [7, 11) is 0. The molecule has 9 heteroatoms. The van der Waals surface area contributed by atoms with Crippen LogP contribution in [0.25, 0.3) is 11.5 Å². The molecule has 21 heavy (non-hydrogen) atoms. The van der Waals surface area contributed by atoms with Crippen molar-refractivity contribution in [2.24, 2.45) is 5.73 Å². The van der Waals surface area contributed by atoms with Gasteiger partial charge in [-0.05, 0) is 31.2 Å². The van der Waals surface area contributed by atoms with Gasteiger partial charge in [-0.3, -0.25) is 10.1 Å². The Balaban J connectivity index is 2.04. The zero-order valence-corrected chi connectivity index (χ0v) is 11.7. The third kappa shape index (κ3) is 4.02. The molecule has 3 N–H and O–H groups in total. The third-order valence-electron chi connectivity index (χ3n) is 2.39. The summed E-state index contributed by atoms with van der Waals surface area (Å²) in [5.74, 6) is -0.723. The van der Waals surface area contributed by atoms with E-state index in [2.05, 4.69) is 10.2 Å². The minimum absolute atomic E-state index is 0.154. The molecule has 1 unspecified atom stereocenters. The van der Waals surface area contributed by atoms with E-state index in [1.54, 1.807) is 6.92 Å². The average Bonchev–Trinajstić information content (AvgIpc) is 2.87. The van der Waals surface area contributed by atoms with Crippen LogP contribution in [0.1, 0.15) is 6.92 Å². The van der Waals surface area contributed by atoms with Crippen molar-refractivity contribution in [3.8, 4) is 11.5 Å². The molecule has 0 aliphatic heterocycles. The maximum absolute atomic E-state index is 12.8. The predicted molar refractivity (Wildman–Crippen MR) is 72.7 cm³/mol. The third-order valence-corrected chi connectivity index (χ3v) is 3.33. The van der Waals surface area contributed by atoms with Crippen LogP contribution in [0.3, 0.4) is 0 Å². The fourth-order valence-electron chi connectivity index (χ4n) is 1.39. The second-order valence-electron chi connectivity index (χ2n) is 3.99. The second kappa shape index (κ2) is 6.35. The second-order valence-corrected chi connectivity index (χ2v) is 5.29. The maximum Gasteiger partial charge on any atom is 0.318 e. The van der Waals surface area contributed by atoms with Crippen LogP contribution in [0.4, 0.5) is 9.18 Å². The van der Waals surface area contributed by atoms with Crippen LogP contribution < -0.4 is 11.1 Å². The Morgan fingerprint density at radius 3 is 2.62 bits per heavy atom. The molecule has 1 aromatic carbocycles. The van der Waals surface area contributed by atoms with E-state index < -0.39 is 17.2 Å². The zero-order chi connectivity index (χ0) is 15.4. The summed E-state index contributed by atoms with van der Waals surface area (Å²) >= 11 is 0.978. The summed E-state index contributed by atoms with van der Waals surface area (Å²) in [6.07, 6.45) is 0. The van der Waals surface area contributed by atoms with Gasteiger partial charge < -0.3 is 10.2 Å². The number of thioether (sulfide) groups is 1. The number of imide groups is 1. The van der Waals surface area contributed by atoms with Crippen molar-refractivity contribution in [2.75, 3.05) is 0 Å². The van der Waals surface area contributed by atoms with Gasteiger partial charge in [-0.1, -0.05) is 11.8 Å². The Labute approximate surface area is 123 Å². The number of aromatic nitrogens is 2. The van der Waals surface area contributed by atoms with Crippen molar-refractivity contribution in [3.63, 3.8) is 0 Å². The number of nitrogens with zero attached hydrogens (tertiary/aromatic N) is 2. The number of carbonyl (C=O) groups is 2. The first-order valence-electron chi connectivity index (χ1n) is 5.82. The molecule has 2 rings (SSSR count). The number of hydrogen-bond acceptors (Lipinski definition) is 6. The van der Waals surface area contributed by atoms with Crippen molar-refractivity contribution < 1.29 is 18.4 Å². The minimum atomic E-state index is -0.926. The van der Waals surface area contributed by atoms with Gasteiger partial charge in [0.05, 0.1) is 5.25 Å². The lowest BCUT2D eigenvalue weighted by atomic mass is 10.2. The first-order valence-corrected chi connectivity index (χ1v) is 6.70. The first-order chi connectivity index (χ1) is 9.95. The molecule has 0 saturated carbocycles. The molecule has 0 aliphatic carbocycles. The number of primary amides is 1. The number of benzene rings is 1. The summed E-state index contributed by atoms with van der Waals surface area (Å²) in [5, 5.41) is 9.05. The molecule has 0 aliphatic rings. The molecule has 110 valence electrons. The molecule has 1 atom stereocenters. The topological polar surface area (TPSA) is 111 Å². The summed E-state index contributed by atoms with van der Waals surface area (Å²) in [4.78, 5) is 22.1. The lowest BCUT2D eigenvalue weighted by Gasteiger charge is -2.06. The molecule has 1 aromatic heterocycles. The summed E-state index contributed by atoms with van der Waals surface area (Å²) in [6.45, 7) is 1.56. The van der Waals surface area contributed by atoms with Crippen LogP contribution in [0.15, 0.2) is 33.9 Å². The van der Waals surface area contributed by atoms with E-state index in [4.69, 9.17) is 10.2 Å². The molecule has 1 heterocycles. The molecule has 0 bridgehead atoms. The highest BCUT2D eigenvalue weighted by molar-refractivity contribution is 8.00. The van der Waals surface area contributed by atoms with Crippen molar-refractivity contribution >= 4 is 23.7 Å². The van der Waals surface area contributed by atoms with Gasteiger partial charge in [-0.15, -0.1) is 10.2 Å². The fraction of sp³-hybridized carbons (Fsp3) is 0.167. The number of hydrogen-bond donors (Lipinski definition) is 2. The standard InChI is InChI=1S/C12H11FN4O3S/c1-6(9(18)15-11(14)19)21-12-17-16-10(20-12)7-2-4-8(13)5-3-7/h2-6H,1H3,(H3,14,15,18,19). The van der Waals surface area contributed by atoms with Crippen LogP contribution in [0, 0.1) is 5.82 Å².